The van der Waals surface area contributed by atoms with Gasteiger partial charge in [-0.25, -0.2) is 9.98 Å². The van der Waals surface area contributed by atoms with Gasteiger partial charge in [-0.1, -0.05) is 6.42 Å². The third kappa shape index (κ3) is 3.58. The molecular formula is C14H20N6S. The average Bonchev–Trinajstić information content (AvgIpc) is 3.04. The van der Waals surface area contributed by atoms with E-state index in [1.54, 1.807) is 12.3 Å². The predicted octanol–water partition coefficient (Wildman–Crippen LogP) is 1.80. The maximum atomic E-state index is 8.85. The third-order valence-electron chi connectivity index (χ3n) is 4.22. The van der Waals surface area contributed by atoms with Crippen LogP contribution in [0.2, 0.25) is 0 Å². The standard InChI is InChI=1S/C14H18N6.H2S/c15-8-18-14(19-11-3-4-13(16)17-7-11)20-12-6-9-1-2-10(12)5-9;/h3-4,7,9-10,12H,1-2,5-6H2,(H2,16,17)(H2,18,19,20);1H2/t9-,10+,12?;/m1./s1. The first-order valence-corrected chi connectivity index (χ1v) is 6.96. The van der Waals surface area contributed by atoms with E-state index in [1.165, 1.54) is 19.3 Å². The molecule has 1 heterocycles. The molecule has 112 valence electrons. The van der Waals surface area contributed by atoms with Crippen molar-refractivity contribution in [3.63, 3.8) is 0 Å². The summed E-state index contributed by atoms with van der Waals surface area (Å²) < 4.78 is 0. The van der Waals surface area contributed by atoms with Crippen LogP contribution in [0.4, 0.5) is 11.5 Å². The molecule has 2 bridgehead atoms. The van der Waals surface area contributed by atoms with Crippen molar-refractivity contribution < 1.29 is 0 Å². The number of nitriles is 1. The molecule has 1 aromatic heterocycles. The minimum atomic E-state index is 0. The zero-order valence-corrected chi connectivity index (χ0v) is 12.7. The molecule has 6 nitrogen and oxygen atoms in total. The van der Waals surface area contributed by atoms with Crippen molar-refractivity contribution in [1.82, 2.24) is 10.3 Å². The number of nitrogens with two attached hydrogens (primary N) is 1. The summed E-state index contributed by atoms with van der Waals surface area (Å²) in [6, 6.07) is 3.86. The lowest BCUT2D eigenvalue weighted by molar-refractivity contribution is 0.420. The Kier molecular flexibility index (Phi) is 4.91. The molecule has 0 radical (unpaired) electrons. The fraction of sp³-hybridized carbons (Fsp3) is 0.500. The highest BCUT2D eigenvalue weighted by molar-refractivity contribution is 7.59. The number of nitrogens with zero attached hydrogens (tertiary/aromatic N) is 3. The number of fused-ring (bicyclic) bond motifs is 2. The number of nitrogens with one attached hydrogen (secondary N) is 2. The summed E-state index contributed by atoms with van der Waals surface area (Å²) in [6.45, 7) is 0. The molecule has 7 heteroatoms. The Morgan fingerprint density at radius 1 is 1.38 bits per heavy atom. The highest BCUT2D eigenvalue weighted by atomic mass is 32.1. The number of hydrogen-bond donors (Lipinski definition) is 3. The van der Waals surface area contributed by atoms with Gasteiger partial charge in [0, 0.05) is 0 Å². The summed E-state index contributed by atoms with van der Waals surface area (Å²) in [6.07, 6.45) is 8.60. The average molecular weight is 304 g/mol. The number of hydrogen-bond acceptors (Lipinski definition) is 4. The summed E-state index contributed by atoms with van der Waals surface area (Å²) in [5, 5.41) is 14.6. The van der Waals surface area contributed by atoms with Gasteiger partial charge in [-0.15, -0.1) is 0 Å². The quantitative estimate of drug-likeness (QED) is 0.335. The van der Waals surface area contributed by atoms with Crippen LogP contribution in [0.1, 0.15) is 25.7 Å². The molecule has 0 aliphatic heterocycles. The molecule has 3 rings (SSSR count). The van der Waals surface area contributed by atoms with Gasteiger partial charge in [-0.05, 0) is 43.2 Å². The molecule has 2 aliphatic rings. The fourth-order valence-electron chi connectivity index (χ4n) is 3.30. The van der Waals surface area contributed by atoms with Gasteiger partial charge in [0.25, 0.3) is 0 Å². The Hall–Kier alpha value is -1.94. The molecular weight excluding hydrogens is 284 g/mol. The summed E-state index contributed by atoms with van der Waals surface area (Å²) in [5.41, 5.74) is 6.32. The van der Waals surface area contributed by atoms with Gasteiger partial charge in [0.2, 0.25) is 5.96 Å². The van der Waals surface area contributed by atoms with Crippen LogP contribution in [0, 0.1) is 23.3 Å². The van der Waals surface area contributed by atoms with Crippen LogP contribution in [-0.4, -0.2) is 17.0 Å². The van der Waals surface area contributed by atoms with Gasteiger partial charge in [-0.3, -0.25) is 5.32 Å². The van der Waals surface area contributed by atoms with Crippen molar-refractivity contribution in [3.8, 4) is 6.19 Å². The topological polar surface area (TPSA) is 99.1 Å². The molecule has 4 N–H and O–H groups in total. The molecule has 0 saturated heterocycles. The zero-order valence-electron chi connectivity index (χ0n) is 11.7. The van der Waals surface area contributed by atoms with E-state index < -0.39 is 0 Å². The highest BCUT2D eigenvalue weighted by Crippen LogP contribution is 2.45. The minimum absolute atomic E-state index is 0. The molecule has 2 aliphatic carbocycles. The first-order chi connectivity index (χ1) is 9.74. The lowest BCUT2D eigenvalue weighted by Gasteiger charge is -2.19. The molecule has 1 unspecified atom stereocenters. The van der Waals surface area contributed by atoms with Gasteiger partial charge in [0.05, 0.1) is 17.9 Å². The molecule has 1 aromatic rings. The number of guanidine groups is 1. The molecule has 0 spiro atoms. The van der Waals surface area contributed by atoms with Gasteiger partial charge >= 0.3 is 0 Å². The van der Waals surface area contributed by atoms with Crippen molar-refractivity contribution in [2.45, 2.75) is 31.7 Å². The molecule has 3 atom stereocenters. The molecule has 2 saturated carbocycles. The van der Waals surface area contributed by atoms with Crippen LogP contribution in [0.5, 0.6) is 0 Å². The first kappa shape index (κ1) is 15.4. The fourth-order valence-corrected chi connectivity index (χ4v) is 3.30. The monoisotopic (exact) mass is 304 g/mol. The van der Waals surface area contributed by atoms with Crippen LogP contribution < -0.4 is 16.4 Å². The normalized spacial score (nSPS) is 26.8. The summed E-state index contributed by atoms with van der Waals surface area (Å²) in [4.78, 5) is 8.69. The van der Waals surface area contributed by atoms with Crippen LogP contribution in [0.3, 0.4) is 0 Å². The predicted molar refractivity (Wildman–Crippen MR) is 88.1 cm³/mol. The number of rotatable bonds is 2. The number of nitrogen functional groups attached to an aromatic ring is 1. The van der Waals surface area contributed by atoms with Crippen LogP contribution in [-0.2, 0) is 0 Å². The van der Waals surface area contributed by atoms with Gasteiger partial charge < -0.3 is 11.1 Å². The van der Waals surface area contributed by atoms with E-state index in [0.29, 0.717) is 23.7 Å². The maximum absolute atomic E-state index is 8.85. The van der Waals surface area contributed by atoms with Crippen LogP contribution in [0.15, 0.2) is 23.3 Å². The largest absolute Gasteiger partial charge is 0.384 e. The van der Waals surface area contributed by atoms with Gasteiger partial charge in [0.1, 0.15) is 5.82 Å². The lowest BCUT2D eigenvalue weighted by atomic mass is 9.96. The second-order valence-corrected chi connectivity index (χ2v) is 5.55. The van der Waals surface area contributed by atoms with Crippen molar-refractivity contribution in [1.29, 1.82) is 5.26 Å². The number of aromatic nitrogens is 1. The van der Waals surface area contributed by atoms with E-state index in [1.807, 2.05) is 12.3 Å². The van der Waals surface area contributed by atoms with Crippen molar-refractivity contribution in [2.24, 2.45) is 16.8 Å². The summed E-state index contributed by atoms with van der Waals surface area (Å²) in [7, 11) is 0. The highest BCUT2D eigenvalue weighted by Gasteiger charge is 2.39. The van der Waals surface area contributed by atoms with Gasteiger partial charge in [-0.2, -0.15) is 18.8 Å². The van der Waals surface area contributed by atoms with E-state index in [-0.39, 0.29) is 13.5 Å². The Balaban J connectivity index is 0.00000161. The lowest BCUT2D eigenvalue weighted by Crippen LogP contribution is -2.30. The number of aliphatic imine (C=N–C) groups is 1. The minimum Gasteiger partial charge on any atom is -0.384 e. The number of pyridine rings is 1. The van der Waals surface area contributed by atoms with E-state index in [4.69, 9.17) is 11.0 Å². The van der Waals surface area contributed by atoms with Crippen molar-refractivity contribution in [2.75, 3.05) is 11.1 Å². The zero-order chi connectivity index (χ0) is 13.9. The molecule has 21 heavy (non-hydrogen) atoms. The van der Waals surface area contributed by atoms with E-state index in [0.717, 1.165) is 18.0 Å². The number of anilines is 2. The smallest absolute Gasteiger partial charge is 0.209 e. The summed E-state index contributed by atoms with van der Waals surface area (Å²) >= 11 is 0. The van der Waals surface area contributed by atoms with Gasteiger partial charge in [0.15, 0.2) is 6.19 Å². The Bertz CT molecular complexity index is 550. The van der Waals surface area contributed by atoms with E-state index in [9.17, 15) is 0 Å². The Morgan fingerprint density at radius 3 is 2.81 bits per heavy atom. The van der Waals surface area contributed by atoms with Crippen molar-refractivity contribution >= 4 is 31.0 Å². The third-order valence-corrected chi connectivity index (χ3v) is 4.22. The first-order valence-electron chi connectivity index (χ1n) is 6.96. The Morgan fingerprint density at radius 2 is 2.24 bits per heavy atom. The van der Waals surface area contributed by atoms with E-state index in [2.05, 4.69) is 20.6 Å². The summed E-state index contributed by atoms with van der Waals surface area (Å²) in [5.74, 6) is 2.48. The van der Waals surface area contributed by atoms with Crippen LogP contribution in [0.25, 0.3) is 0 Å². The second kappa shape index (κ2) is 6.68. The van der Waals surface area contributed by atoms with Crippen molar-refractivity contribution in [3.05, 3.63) is 18.3 Å². The van der Waals surface area contributed by atoms with Crippen LogP contribution >= 0.6 is 13.5 Å². The molecule has 2 fully saturated rings. The Labute approximate surface area is 131 Å². The molecule has 0 aromatic carbocycles. The SMILES string of the molecule is N#CNC(=NC1C[C@@H]2CC[C@H]1C2)Nc1ccc(N)nc1.S. The molecule has 0 amide bonds. The van der Waals surface area contributed by atoms with E-state index >= 15 is 0 Å². The maximum Gasteiger partial charge on any atom is 0.209 e. The second-order valence-electron chi connectivity index (χ2n) is 5.55.